The van der Waals surface area contributed by atoms with Crippen LogP contribution < -0.4 is 9.64 Å². The lowest BCUT2D eigenvalue weighted by molar-refractivity contribution is -0.907. The number of hydrogen-bond acceptors (Lipinski definition) is 3. The largest absolute Gasteiger partial charge is 0.493 e. The molecule has 1 aromatic rings. The van der Waals surface area contributed by atoms with Crippen molar-refractivity contribution in [3.63, 3.8) is 0 Å². The fourth-order valence-electron chi connectivity index (χ4n) is 2.88. The molecule has 1 fully saturated rings. The van der Waals surface area contributed by atoms with Crippen LogP contribution in [0.3, 0.4) is 0 Å². The van der Waals surface area contributed by atoms with E-state index in [1.54, 1.807) is 12.1 Å². The smallest absolute Gasteiger partial charge is 0.314 e. The first kappa shape index (κ1) is 16.7. The summed E-state index contributed by atoms with van der Waals surface area (Å²) < 4.78 is 23.5. The van der Waals surface area contributed by atoms with Crippen molar-refractivity contribution in [1.29, 1.82) is 0 Å². The van der Waals surface area contributed by atoms with Crippen molar-refractivity contribution >= 4 is 5.97 Å². The number of likely N-dealkylation sites (tertiary alicyclic amines) is 1. The van der Waals surface area contributed by atoms with E-state index in [0.29, 0.717) is 19.0 Å². The van der Waals surface area contributed by atoms with Crippen molar-refractivity contribution in [2.24, 2.45) is 5.92 Å². The first-order chi connectivity index (χ1) is 10.7. The summed E-state index contributed by atoms with van der Waals surface area (Å²) in [4.78, 5) is 13.2. The molecule has 1 aromatic carbocycles. The Bertz CT molecular complexity index is 463. The van der Waals surface area contributed by atoms with Crippen LogP contribution in [0.25, 0.3) is 0 Å². The number of quaternary nitrogens is 1. The molecule has 0 radical (unpaired) electrons. The third kappa shape index (κ3) is 5.30. The molecular weight excluding hydrogens is 285 g/mol. The van der Waals surface area contributed by atoms with E-state index in [4.69, 9.17) is 9.47 Å². The summed E-state index contributed by atoms with van der Waals surface area (Å²) in [6.45, 7) is 5.85. The standard InChI is InChI=1S/C17H24FNO3/c1-2-21-17(20)14-5-3-10-19(13-14)11-4-12-22-16-8-6-15(18)7-9-16/h6-9,14H,2-5,10-13H2,1H3/p+1/t14-/m0/s1. The normalized spacial score (nSPS) is 21.4. The van der Waals surface area contributed by atoms with Gasteiger partial charge in [0.15, 0.2) is 0 Å². The van der Waals surface area contributed by atoms with Crippen LogP contribution in [0.1, 0.15) is 26.2 Å². The lowest BCUT2D eigenvalue weighted by atomic mass is 9.98. The Kier molecular flexibility index (Phi) is 6.65. The Morgan fingerprint density at radius 3 is 2.86 bits per heavy atom. The van der Waals surface area contributed by atoms with Gasteiger partial charge in [-0.05, 0) is 44.0 Å². The van der Waals surface area contributed by atoms with Crippen LogP contribution in [-0.2, 0) is 9.53 Å². The maximum atomic E-state index is 12.8. The summed E-state index contributed by atoms with van der Waals surface area (Å²) in [5, 5.41) is 0. The second-order valence-corrected chi connectivity index (χ2v) is 5.70. The van der Waals surface area contributed by atoms with Crippen LogP contribution in [0.15, 0.2) is 24.3 Å². The van der Waals surface area contributed by atoms with Gasteiger partial charge in [0.25, 0.3) is 0 Å². The van der Waals surface area contributed by atoms with E-state index in [-0.39, 0.29) is 17.7 Å². The molecule has 1 unspecified atom stereocenters. The van der Waals surface area contributed by atoms with Crippen molar-refractivity contribution in [2.45, 2.75) is 26.2 Å². The molecule has 0 spiro atoms. The van der Waals surface area contributed by atoms with Crippen LogP contribution in [-0.4, -0.2) is 38.8 Å². The first-order valence-corrected chi connectivity index (χ1v) is 8.07. The number of halogens is 1. The van der Waals surface area contributed by atoms with Gasteiger partial charge in [-0.3, -0.25) is 4.79 Å². The molecule has 22 heavy (non-hydrogen) atoms. The fraction of sp³-hybridized carbons (Fsp3) is 0.588. The molecule has 0 aliphatic carbocycles. The van der Waals surface area contributed by atoms with E-state index in [1.807, 2.05) is 6.92 Å². The SMILES string of the molecule is CCOC(=O)[C@H]1CCC[NH+](CCCOc2ccc(F)cc2)C1. The average Bonchev–Trinajstić information content (AvgIpc) is 2.54. The number of esters is 1. The van der Waals surface area contributed by atoms with E-state index < -0.39 is 0 Å². The predicted octanol–water partition coefficient (Wildman–Crippen LogP) is 1.45. The van der Waals surface area contributed by atoms with E-state index in [9.17, 15) is 9.18 Å². The minimum absolute atomic E-state index is 0.0433. The maximum Gasteiger partial charge on any atom is 0.314 e. The molecule has 1 heterocycles. The third-order valence-electron chi connectivity index (χ3n) is 3.99. The molecular formula is C17H25FNO3+. The quantitative estimate of drug-likeness (QED) is 0.612. The van der Waals surface area contributed by atoms with Gasteiger partial charge in [-0.15, -0.1) is 0 Å². The zero-order chi connectivity index (χ0) is 15.8. The van der Waals surface area contributed by atoms with Crippen molar-refractivity contribution in [3.05, 3.63) is 30.1 Å². The third-order valence-corrected chi connectivity index (χ3v) is 3.99. The minimum atomic E-state index is -0.255. The number of piperidine rings is 1. The highest BCUT2D eigenvalue weighted by atomic mass is 19.1. The summed E-state index contributed by atoms with van der Waals surface area (Å²) in [5.74, 6) is 0.429. The number of benzene rings is 1. The first-order valence-electron chi connectivity index (χ1n) is 8.07. The van der Waals surface area contributed by atoms with Gasteiger partial charge in [-0.1, -0.05) is 0 Å². The monoisotopic (exact) mass is 310 g/mol. The Labute approximate surface area is 131 Å². The molecule has 0 bridgehead atoms. The van der Waals surface area contributed by atoms with Crippen LogP contribution in [0.2, 0.25) is 0 Å². The second-order valence-electron chi connectivity index (χ2n) is 5.70. The molecule has 0 saturated carbocycles. The minimum Gasteiger partial charge on any atom is -0.493 e. The summed E-state index contributed by atoms with van der Waals surface area (Å²) in [6, 6.07) is 6.07. The molecule has 0 amide bonds. The maximum absolute atomic E-state index is 12.8. The molecule has 5 heteroatoms. The highest BCUT2D eigenvalue weighted by Gasteiger charge is 2.29. The molecule has 2 atom stereocenters. The molecule has 0 aromatic heterocycles. The molecule has 1 N–H and O–H groups in total. The summed E-state index contributed by atoms with van der Waals surface area (Å²) in [7, 11) is 0. The topological polar surface area (TPSA) is 40.0 Å². The van der Waals surface area contributed by atoms with Gasteiger partial charge < -0.3 is 14.4 Å². The number of carbonyl (C=O) groups excluding carboxylic acids is 1. The Morgan fingerprint density at radius 2 is 2.14 bits per heavy atom. The van der Waals surface area contributed by atoms with Gasteiger partial charge in [0.05, 0.1) is 32.8 Å². The zero-order valence-electron chi connectivity index (χ0n) is 13.1. The van der Waals surface area contributed by atoms with E-state index in [0.717, 1.165) is 38.9 Å². The number of carbonyl (C=O) groups is 1. The molecule has 122 valence electrons. The van der Waals surface area contributed by atoms with Gasteiger partial charge in [-0.25, -0.2) is 4.39 Å². The second kappa shape index (κ2) is 8.73. The average molecular weight is 310 g/mol. The van der Waals surface area contributed by atoms with Gasteiger partial charge in [0.2, 0.25) is 0 Å². The Morgan fingerprint density at radius 1 is 1.36 bits per heavy atom. The van der Waals surface area contributed by atoms with Crippen LogP contribution in [0.4, 0.5) is 4.39 Å². The molecule has 1 saturated heterocycles. The van der Waals surface area contributed by atoms with Crippen LogP contribution >= 0.6 is 0 Å². The molecule has 2 rings (SSSR count). The Hall–Kier alpha value is -1.62. The number of nitrogens with one attached hydrogen (secondary N) is 1. The predicted molar refractivity (Wildman–Crippen MR) is 81.4 cm³/mol. The summed E-state index contributed by atoms with van der Waals surface area (Å²) >= 11 is 0. The number of hydrogen-bond donors (Lipinski definition) is 1. The summed E-state index contributed by atoms with van der Waals surface area (Å²) in [5.41, 5.74) is 0. The van der Waals surface area contributed by atoms with Crippen LogP contribution in [0, 0.1) is 11.7 Å². The van der Waals surface area contributed by atoms with Gasteiger partial charge in [0, 0.05) is 6.42 Å². The van der Waals surface area contributed by atoms with E-state index >= 15 is 0 Å². The van der Waals surface area contributed by atoms with Crippen molar-refractivity contribution in [1.82, 2.24) is 0 Å². The van der Waals surface area contributed by atoms with E-state index in [1.165, 1.54) is 17.0 Å². The molecule has 1 aliphatic heterocycles. The Balaban J connectivity index is 1.66. The van der Waals surface area contributed by atoms with Crippen molar-refractivity contribution in [2.75, 3.05) is 32.8 Å². The van der Waals surface area contributed by atoms with Crippen molar-refractivity contribution in [3.8, 4) is 5.75 Å². The van der Waals surface area contributed by atoms with Gasteiger partial charge in [0.1, 0.15) is 17.5 Å². The highest BCUT2D eigenvalue weighted by Crippen LogP contribution is 2.11. The fourth-order valence-corrected chi connectivity index (χ4v) is 2.88. The van der Waals surface area contributed by atoms with Crippen LogP contribution in [0.5, 0.6) is 5.75 Å². The lowest BCUT2D eigenvalue weighted by Crippen LogP contribution is -3.13. The molecule has 4 nitrogen and oxygen atoms in total. The van der Waals surface area contributed by atoms with Gasteiger partial charge in [-0.2, -0.15) is 0 Å². The lowest BCUT2D eigenvalue weighted by Gasteiger charge is -2.28. The van der Waals surface area contributed by atoms with E-state index in [2.05, 4.69) is 0 Å². The highest BCUT2D eigenvalue weighted by molar-refractivity contribution is 5.72. The summed E-state index contributed by atoms with van der Waals surface area (Å²) in [6.07, 6.45) is 2.92. The number of ether oxygens (including phenoxy) is 2. The zero-order valence-corrected chi connectivity index (χ0v) is 13.1. The van der Waals surface area contributed by atoms with Crippen molar-refractivity contribution < 1.29 is 23.6 Å². The molecule has 1 aliphatic rings. The number of rotatable bonds is 7. The van der Waals surface area contributed by atoms with Gasteiger partial charge >= 0.3 is 5.97 Å².